The number of ether oxygens (including phenoxy) is 1. The number of nitrogens with zero attached hydrogens (tertiary/aromatic N) is 5. The molecule has 0 bridgehead atoms. The summed E-state index contributed by atoms with van der Waals surface area (Å²) in [7, 11) is 0. The molecule has 2 aliphatic carbocycles. The summed E-state index contributed by atoms with van der Waals surface area (Å²) in [5.74, 6) is -1.08. The zero-order chi connectivity index (χ0) is 29.2. The van der Waals surface area contributed by atoms with E-state index >= 15 is 0 Å². The van der Waals surface area contributed by atoms with Gasteiger partial charge in [0.25, 0.3) is 11.8 Å². The van der Waals surface area contributed by atoms with Gasteiger partial charge in [-0.15, -0.1) is 0 Å². The quantitative estimate of drug-likeness (QED) is 0.328. The van der Waals surface area contributed by atoms with Crippen molar-refractivity contribution < 1.29 is 23.9 Å². The highest BCUT2D eigenvalue weighted by Crippen LogP contribution is 2.46. The van der Waals surface area contributed by atoms with Crippen LogP contribution in [0, 0.1) is 5.92 Å². The lowest BCUT2D eigenvalue weighted by Crippen LogP contribution is -2.54. The smallest absolute Gasteiger partial charge is 0.266 e. The van der Waals surface area contributed by atoms with E-state index < -0.39 is 29.7 Å². The number of benzene rings is 2. The van der Waals surface area contributed by atoms with E-state index in [4.69, 9.17) is 14.8 Å². The predicted octanol–water partition coefficient (Wildman–Crippen LogP) is 3.80. The standard InChI is InChI=1S/C32H28N6O5/c39-27-11-10-25(30(40)35-27)38-31(41)20-4-3-7-26(28(20)32(38)42)43-16-17-12-19(13-17)37-15-21(29(36-37)18-8-9-18)24-14-33-22-5-1-2-6-23(22)34-24/h1-7,14-15,17-19,25H,8-13,16H2,(H,35,39,40)/t17-,19-,25?. The highest BCUT2D eigenvalue weighted by Gasteiger charge is 2.46. The Morgan fingerprint density at radius 2 is 1.72 bits per heavy atom. The zero-order valence-corrected chi connectivity index (χ0v) is 23.2. The molecular weight excluding hydrogens is 548 g/mol. The van der Waals surface area contributed by atoms with Gasteiger partial charge >= 0.3 is 0 Å². The summed E-state index contributed by atoms with van der Waals surface area (Å²) in [5, 5.41) is 7.22. The number of imide groups is 2. The molecule has 1 atom stereocenters. The minimum Gasteiger partial charge on any atom is -0.492 e. The summed E-state index contributed by atoms with van der Waals surface area (Å²) in [4.78, 5) is 60.9. The van der Waals surface area contributed by atoms with Crippen molar-refractivity contribution in [3.8, 4) is 17.0 Å². The first-order valence-electron chi connectivity index (χ1n) is 14.7. The van der Waals surface area contributed by atoms with E-state index in [1.165, 1.54) is 0 Å². The Kier molecular flexibility index (Phi) is 5.88. The number of piperidine rings is 1. The van der Waals surface area contributed by atoms with Crippen molar-refractivity contribution in [1.82, 2.24) is 30.0 Å². The summed E-state index contributed by atoms with van der Waals surface area (Å²) in [6, 6.07) is 12.0. The first-order valence-corrected chi connectivity index (χ1v) is 14.7. The fraction of sp³-hybridized carbons (Fsp3) is 0.344. The van der Waals surface area contributed by atoms with Gasteiger partial charge in [0.15, 0.2) is 0 Å². The fourth-order valence-electron chi connectivity index (χ4n) is 6.40. The van der Waals surface area contributed by atoms with E-state index in [0.29, 0.717) is 18.3 Å². The molecule has 216 valence electrons. The van der Waals surface area contributed by atoms with Crippen molar-refractivity contribution in [1.29, 1.82) is 0 Å². The molecule has 1 saturated heterocycles. The Morgan fingerprint density at radius 1 is 0.907 bits per heavy atom. The Labute approximate surface area is 246 Å². The fourth-order valence-corrected chi connectivity index (χ4v) is 6.40. The zero-order valence-electron chi connectivity index (χ0n) is 23.2. The van der Waals surface area contributed by atoms with Gasteiger partial charge in [0, 0.05) is 24.1 Å². The van der Waals surface area contributed by atoms with Gasteiger partial charge in [-0.1, -0.05) is 18.2 Å². The second-order valence-electron chi connectivity index (χ2n) is 11.9. The van der Waals surface area contributed by atoms with Crippen LogP contribution < -0.4 is 10.1 Å². The molecule has 4 aliphatic rings. The molecule has 11 nitrogen and oxygen atoms in total. The summed E-state index contributed by atoms with van der Waals surface area (Å²) < 4.78 is 8.19. The Hall–Kier alpha value is -4.93. The van der Waals surface area contributed by atoms with E-state index in [9.17, 15) is 19.2 Å². The lowest BCUT2D eigenvalue weighted by atomic mass is 9.81. The van der Waals surface area contributed by atoms with Crippen LogP contribution in [0.15, 0.2) is 54.9 Å². The van der Waals surface area contributed by atoms with Crippen molar-refractivity contribution in [3.63, 3.8) is 0 Å². The molecule has 2 aromatic heterocycles. The second kappa shape index (κ2) is 9.82. The van der Waals surface area contributed by atoms with Gasteiger partial charge in [-0.3, -0.25) is 39.1 Å². The molecule has 4 aromatic rings. The molecule has 2 aromatic carbocycles. The molecule has 0 radical (unpaired) electrons. The molecule has 1 N–H and O–H groups in total. The molecule has 2 saturated carbocycles. The SMILES string of the molecule is O=C1CCC(N2C(=O)c3cccc(OC[C@H]4C[C@H](n5cc(-c6cnc7ccccc7n6)c(C6CC6)n5)C4)c3C2=O)C(=O)N1. The normalized spacial score (nSPS) is 23.3. The largest absolute Gasteiger partial charge is 0.492 e. The van der Waals surface area contributed by atoms with Gasteiger partial charge in [0.1, 0.15) is 11.8 Å². The first-order chi connectivity index (χ1) is 20.9. The van der Waals surface area contributed by atoms with Gasteiger partial charge in [0.05, 0.1) is 52.4 Å². The van der Waals surface area contributed by atoms with Crippen LogP contribution in [0.5, 0.6) is 5.75 Å². The average molecular weight is 577 g/mol. The van der Waals surface area contributed by atoms with Crippen LogP contribution in [0.1, 0.15) is 76.9 Å². The predicted molar refractivity (Wildman–Crippen MR) is 153 cm³/mol. The summed E-state index contributed by atoms with van der Waals surface area (Å²) in [6.45, 7) is 0.395. The minimum atomic E-state index is -1.01. The average Bonchev–Trinajstić information content (AvgIpc) is 3.69. The van der Waals surface area contributed by atoms with Crippen LogP contribution in [0.2, 0.25) is 0 Å². The van der Waals surface area contributed by atoms with E-state index in [-0.39, 0.29) is 35.9 Å². The van der Waals surface area contributed by atoms with Crippen LogP contribution in [0.25, 0.3) is 22.3 Å². The lowest BCUT2D eigenvalue weighted by Gasteiger charge is -2.35. The molecule has 43 heavy (non-hydrogen) atoms. The van der Waals surface area contributed by atoms with Crippen molar-refractivity contribution in [2.75, 3.05) is 6.61 Å². The maximum Gasteiger partial charge on any atom is 0.266 e. The molecular formula is C32H28N6O5. The van der Waals surface area contributed by atoms with E-state index in [0.717, 1.165) is 58.6 Å². The monoisotopic (exact) mass is 576 g/mol. The van der Waals surface area contributed by atoms with Crippen LogP contribution in [0.4, 0.5) is 0 Å². The van der Waals surface area contributed by atoms with E-state index in [1.807, 2.05) is 30.5 Å². The number of para-hydroxylation sites is 2. The number of carbonyl (C=O) groups is 4. The second-order valence-corrected chi connectivity index (χ2v) is 11.9. The van der Waals surface area contributed by atoms with Crippen LogP contribution in [-0.4, -0.2) is 60.9 Å². The Balaban J connectivity index is 0.954. The molecule has 1 unspecified atom stereocenters. The molecule has 0 spiro atoms. The Bertz CT molecular complexity index is 1840. The molecule has 11 heteroatoms. The number of hydrogen-bond acceptors (Lipinski definition) is 8. The van der Waals surface area contributed by atoms with Crippen LogP contribution >= 0.6 is 0 Å². The maximum atomic E-state index is 13.3. The van der Waals surface area contributed by atoms with Crippen LogP contribution in [-0.2, 0) is 9.59 Å². The summed E-state index contributed by atoms with van der Waals surface area (Å²) >= 11 is 0. The number of fused-ring (bicyclic) bond motifs is 2. The topological polar surface area (TPSA) is 136 Å². The van der Waals surface area contributed by atoms with E-state index in [1.54, 1.807) is 18.2 Å². The summed E-state index contributed by atoms with van der Waals surface area (Å²) in [6.07, 6.45) is 8.14. The minimum absolute atomic E-state index is 0.0750. The van der Waals surface area contributed by atoms with E-state index in [2.05, 4.69) is 21.2 Å². The van der Waals surface area contributed by atoms with Gasteiger partial charge in [-0.25, -0.2) is 4.98 Å². The third kappa shape index (κ3) is 4.38. The first kappa shape index (κ1) is 25.8. The number of rotatable bonds is 7. The van der Waals surface area contributed by atoms with Crippen molar-refractivity contribution in [2.24, 2.45) is 5.92 Å². The number of nitrogens with one attached hydrogen (secondary N) is 1. The highest BCUT2D eigenvalue weighted by atomic mass is 16.5. The van der Waals surface area contributed by atoms with Gasteiger partial charge in [-0.05, 0) is 62.3 Å². The number of amides is 4. The molecule has 4 amide bonds. The van der Waals surface area contributed by atoms with Crippen molar-refractivity contribution in [2.45, 2.75) is 56.5 Å². The molecule has 8 rings (SSSR count). The summed E-state index contributed by atoms with van der Waals surface area (Å²) in [5.41, 5.74) is 5.10. The third-order valence-electron chi connectivity index (χ3n) is 8.94. The molecule has 4 heterocycles. The van der Waals surface area contributed by atoms with Gasteiger partial charge in [-0.2, -0.15) is 5.10 Å². The van der Waals surface area contributed by atoms with Gasteiger partial charge in [0.2, 0.25) is 11.8 Å². The molecule has 3 fully saturated rings. The third-order valence-corrected chi connectivity index (χ3v) is 8.94. The lowest BCUT2D eigenvalue weighted by molar-refractivity contribution is -0.136. The number of hydrogen-bond donors (Lipinski definition) is 1. The Morgan fingerprint density at radius 3 is 2.51 bits per heavy atom. The van der Waals surface area contributed by atoms with Crippen molar-refractivity contribution >= 4 is 34.7 Å². The molecule has 2 aliphatic heterocycles. The van der Waals surface area contributed by atoms with Gasteiger partial charge < -0.3 is 4.74 Å². The van der Waals surface area contributed by atoms with Crippen LogP contribution in [0.3, 0.4) is 0 Å². The maximum absolute atomic E-state index is 13.3. The number of aromatic nitrogens is 4. The number of carbonyl (C=O) groups excluding carboxylic acids is 4. The highest BCUT2D eigenvalue weighted by molar-refractivity contribution is 6.24. The van der Waals surface area contributed by atoms with Crippen molar-refractivity contribution in [3.05, 3.63) is 71.7 Å².